The Morgan fingerprint density at radius 3 is 1.05 bits per heavy atom. The average Bonchev–Trinajstić information content (AvgIpc) is 3.32. The SMILES string of the molecule is CCCCC/C=C\C/C=C\C/C=C\CCCCCCCCC(=O)OCC(COCCCCCCCCCCCCCCCCCC)OC(=O)CCCCCCCCCCCCCCCCC. The van der Waals surface area contributed by atoms with Gasteiger partial charge in [0.25, 0.3) is 0 Å². The van der Waals surface area contributed by atoms with E-state index in [1.807, 2.05) is 0 Å². The molecule has 0 aromatic heterocycles. The molecule has 0 heterocycles. The maximum atomic E-state index is 12.9. The zero-order valence-electron chi connectivity index (χ0n) is 44.7. The van der Waals surface area contributed by atoms with Crippen LogP contribution in [0.15, 0.2) is 36.5 Å². The summed E-state index contributed by atoms with van der Waals surface area (Å²) in [6.07, 6.45) is 70.2. The largest absolute Gasteiger partial charge is 0.462 e. The Kier molecular flexibility index (Phi) is 55.8. The molecule has 0 rings (SSSR count). The summed E-state index contributed by atoms with van der Waals surface area (Å²) in [6.45, 7) is 7.86. The molecule has 0 N–H and O–H groups in total. The molecule has 0 aliphatic rings. The maximum Gasteiger partial charge on any atom is 0.306 e. The summed E-state index contributed by atoms with van der Waals surface area (Å²) >= 11 is 0. The molecule has 5 nitrogen and oxygen atoms in total. The molecule has 1 atom stereocenters. The van der Waals surface area contributed by atoms with Crippen LogP contribution in [0, 0.1) is 0 Å². The minimum absolute atomic E-state index is 0.0852. The predicted molar refractivity (Wildman–Crippen MR) is 288 cm³/mol. The van der Waals surface area contributed by atoms with Gasteiger partial charge in [-0.1, -0.05) is 282 Å². The summed E-state index contributed by atoms with van der Waals surface area (Å²) in [4.78, 5) is 25.5. The van der Waals surface area contributed by atoms with E-state index < -0.39 is 6.10 Å². The van der Waals surface area contributed by atoms with E-state index in [4.69, 9.17) is 14.2 Å². The van der Waals surface area contributed by atoms with Crippen LogP contribution >= 0.6 is 0 Å². The van der Waals surface area contributed by atoms with Crippen LogP contribution in [0.1, 0.15) is 316 Å². The van der Waals surface area contributed by atoms with E-state index in [1.54, 1.807) is 0 Å². The van der Waals surface area contributed by atoms with Gasteiger partial charge in [-0.2, -0.15) is 0 Å². The molecule has 0 saturated carbocycles. The second-order valence-corrected chi connectivity index (χ2v) is 19.9. The second-order valence-electron chi connectivity index (χ2n) is 19.9. The molecule has 0 aliphatic heterocycles. The van der Waals surface area contributed by atoms with Crippen molar-refractivity contribution in [2.45, 2.75) is 322 Å². The highest BCUT2D eigenvalue weighted by Crippen LogP contribution is 2.17. The molecule has 0 saturated heterocycles. The Labute approximate surface area is 412 Å². The first kappa shape index (κ1) is 64.1. The molecule has 0 aliphatic carbocycles. The minimum Gasteiger partial charge on any atom is -0.462 e. The third kappa shape index (κ3) is 54.7. The molecule has 388 valence electrons. The van der Waals surface area contributed by atoms with Crippen LogP contribution in [0.25, 0.3) is 0 Å². The van der Waals surface area contributed by atoms with E-state index >= 15 is 0 Å². The van der Waals surface area contributed by atoms with Crippen molar-refractivity contribution in [1.29, 1.82) is 0 Å². The summed E-state index contributed by atoms with van der Waals surface area (Å²) < 4.78 is 17.5. The summed E-state index contributed by atoms with van der Waals surface area (Å²) in [5, 5.41) is 0. The highest BCUT2D eigenvalue weighted by Gasteiger charge is 2.17. The van der Waals surface area contributed by atoms with Gasteiger partial charge in [0.05, 0.1) is 6.61 Å². The standard InChI is InChI=1S/C61H114O5/c1-4-7-10-13-16-19-22-25-28-30-31-32-34-36-39-42-45-48-51-54-60(62)65-58-59(57-64-56-53-50-47-44-41-38-35-29-26-23-20-17-14-11-8-5-2)66-61(63)55-52-49-46-43-40-37-33-27-24-21-18-15-12-9-6-3/h16,19,25,28,31-32,59H,4-15,17-18,20-24,26-27,29-30,33-58H2,1-3H3/b19-16-,28-25-,32-31-. The van der Waals surface area contributed by atoms with Crippen LogP contribution in [-0.4, -0.2) is 37.9 Å². The topological polar surface area (TPSA) is 61.8 Å². The van der Waals surface area contributed by atoms with Crippen LogP contribution < -0.4 is 0 Å². The van der Waals surface area contributed by atoms with Crippen molar-refractivity contribution >= 4 is 11.9 Å². The van der Waals surface area contributed by atoms with E-state index in [0.29, 0.717) is 26.1 Å². The molecule has 0 bridgehead atoms. The lowest BCUT2D eigenvalue weighted by Crippen LogP contribution is -2.30. The number of carbonyl (C=O) groups excluding carboxylic acids is 2. The van der Waals surface area contributed by atoms with Crippen molar-refractivity contribution in [1.82, 2.24) is 0 Å². The molecule has 0 spiro atoms. The summed E-state index contributed by atoms with van der Waals surface area (Å²) in [5.41, 5.74) is 0. The Balaban J connectivity index is 4.24. The van der Waals surface area contributed by atoms with Gasteiger partial charge in [-0.3, -0.25) is 9.59 Å². The zero-order chi connectivity index (χ0) is 47.7. The van der Waals surface area contributed by atoms with E-state index in [0.717, 1.165) is 57.8 Å². The van der Waals surface area contributed by atoms with Gasteiger partial charge >= 0.3 is 11.9 Å². The highest BCUT2D eigenvalue weighted by molar-refractivity contribution is 5.70. The van der Waals surface area contributed by atoms with Crippen LogP contribution in [0.5, 0.6) is 0 Å². The van der Waals surface area contributed by atoms with E-state index in [9.17, 15) is 9.59 Å². The maximum absolute atomic E-state index is 12.9. The molecular weight excluding hydrogens is 813 g/mol. The smallest absolute Gasteiger partial charge is 0.306 e. The van der Waals surface area contributed by atoms with Gasteiger partial charge in [0.2, 0.25) is 0 Å². The number of hydrogen-bond donors (Lipinski definition) is 0. The van der Waals surface area contributed by atoms with Crippen LogP contribution in [0.4, 0.5) is 0 Å². The molecule has 0 aromatic carbocycles. The van der Waals surface area contributed by atoms with E-state index in [2.05, 4.69) is 57.2 Å². The molecule has 0 radical (unpaired) electrons. The lowest BCUT2D eigenvalue weighted by Gasteiger charge is -2.18. The van der Waals surface area contributed by atoms with Crippen molar-refractivity contribution in [3.8, 4) is 0 Å². The number of carbonyl (C=O) groups is 2. The van der Waals surface area contributed by atoms with Crippen molar-refractivity contribution in [2.24, 2.45) is 0 Å². The Hall–Kier alpha value is -1.88. The van der Waals surface area contributed by atoms with E-state index in [1.165, 1.54) is 225 Å². The van der Waals surface area contributed by atoms with Gasteiger partial charge in [-0.15, -0.1) is 0 Å². The summed E-state index contributed by atoms with van der Waals surface area (Å²) in [5.74, 6) is -0.390. The summed E-state index contributed by atoms with van der Waals surface area (Å²) in [6, 6.07) is 0. The molecule has 0 aromatic rings. The average molecular weight is 928 g/mol. The predicted octanol–water partition coefficient (Wildman–Crippen LogP) is 20.1. The first-order chi connectivity index (χ1) is 32.6. The van der Waals surface area contributed by atoms with Crippen LogP contribution in [0.2, 0.25) is 0 Å². The van der Waals surface area contributed by atoms with Crippen molar-refractivity contribution in [3.63, 3.8) is 0 Å². The molecule has 0 amide bonds. The third-order valence-electron chi connectivity index (χ3n) is 13.2. The van der Waals surface area contributed by atoms with Crippen molar-refractivity contribution < 1.29 is 23.8 Å². The minimum atomic E-state index is -0.536. The summed E-state index contributed by atoms with van der Waals surface area (Å²) in [7, 11) is 0. The highest BCUT2D eigenvalue weighted by atomic mass is 16.6. The van der Waals surface area contributed by atoms with Crippen molar-refractivity contribution in [3.05, 3.63) is 36.5 Å². The molecule has 5 heteroatoms. The first-order valence-electron chi connectivity index (χ1n) is 29.5. The lowest BCUT2D eigenvalue weighted by molar-refractivity contribution is -0.163. The van der Waals surface area contributed by atoms with Gasteiger partial charge in [-0.05, 0) is 57.8 Å². The Morgan fingerprint density at radius 1 is 0.333 bits per heavy atom. The fourth-order valence-electron chi connectivity index (χ4n) is 8.76. The van der Waals surface area contributed by atoms with E-state index in [-0.39, 0.29) is 18.5 Å². The number of hydrogen-bond acceptors (Lipinski definition) is 5. The number of allylic oxidation sites excluding steroid dienone is 6. The lowest BCUT2D eigenvalue weighted by atomic mass is 10.0. The quantitative estimate of drug-likeness (QED) is 0.0345. The normalized spacial score (nSPS) is 12.3. The Bertz CT molecular complexity index is 1050. The fraction of sp³-hybridized carbons (Fsp3) is 0.869. The van der Waals surface area contributed by atoms with Crippen LogP contribution in [0.3, 0.4) is 0 Å². The number of unbranched alkanes of at least 4 members (excludes halogenated alkanes) is 38. The second kappa shape index (κ2) is 57.4. The Morgan fingerprint density at radius 2 is 0.636 bits per heavy atom. The van der Waals surface area contributed by atoms with Gasteiger partial charge < -0.3 is 14.2 Å². The molecular formula is C61H114O5. The number of esters is 2. The number of ether oxygens (including phenoxy) is 3. The molecule has 66 heavy (non-hydrogen) atoms. The number of rotatable bonds is 55. The third-order valence-corrected chi connectivity index (χ3v) is 13.2. The van der Waals surface area contributed by atoms with Crippen LogP contribution in [-0.2, 0) is 23.8 Å². The zero-order valence-corrected chi connectivity index (χ0v) is 44.7. The first-order valence-corrected chi connectivity index (χ1v) is 29.5. The monoisotopic (exact) mass is 927 g/mol. The molecule has 1 unspecified atom stereocenters. The van der Waals surface area contributed by atoms with Gasteiger partial charge in [0, 0.05) is 19.4 Å². The van der Waals surface area contributed by atoms with Crippen molar-refractivity contribution in [2.75, 3.05) is 19.8 Å². The van der Waals surface area contributed by atoms with Gasteiger partial charge in [-0.25, -0.2) is 0 Å². The fourth-order valence-corrected chi connectivity index (χ4v) is 8.76. The van der Waals surface area contributed by atoms with Gasteiger partial charge in [0.15, 0.2) is 6.10 Å². The van der Waals surface area contributed by atoms with Gasteiger partial charge in [0.1, 0.15) is 6.61 Å². The molecule has 0 fully saturated rings.